The first kappa shape index (κ1) is 12.0. The predicted molar refractivity (Wildman–Crippen MR) is 74.5 cm³/mol. The Bertz CT molecular complexity index is 767. The van der Waals surface area contributed by atoms with E-state index in [1.54, 1.807) is 12.3 Å². The number of rotatable bonds is 2. The molecule has 0 spiro atoms. The fraction of sp³-hybridized carbons (Fsp3) is 0.167. The lowest BCUT2D eigenvalue weighted by Gasteiger charge is -2.17. The Kier molecular flexibility index (Phi) is 2.70. The minimum absolute atomic E-state index is 0.297. The van der Waals surface area contributed by atoms with Crippen molar-refractivity contribution in [2.24, 2.45) is 5.10 Å². The van der Waals surface area contributed by atoms with Gasteiger partial charge in [-0.1, -0.05) is 0 Å². The standard InChI is InChI=1S/C12H9BrN2O4/c1-17-6-3-5-4-14-15-9-7(5)11(10(6)18-2)19-12(16)8(9)13/h3-4,15H,1-2H3. The molecule has 98 valence electrons. The van der Waals surface area contributed by atoms with Crippen LogP contribution in [-0.4, -0.2) is 20.4 Å². The van der Waals surface area contributed by atoms with Gasteiger partial charge in [0.25, 0.3) is 0 Å². The van der Waals surface area contributed by atoms with E-state index in [-0.39, 0.29) is 0 Å². The van der Waals surface area contributed by atoms with Crippen molar-refractivity contribution in [3.63, 3.8) is 0 Å². The van der Waals surface area contributed by atoms with Gasteiger partial charge in [0.1, 0.15) is 4.47 Å². The van der Waals surface area contributed by atoms with E-state index in [9.17, 15) is 4.79 Å². The molecule has 2 aromatic rings. The van der Waals surface area contributed by atoms with Crippen LogP contribution in [0.25, 0.3) is 11.0 Å². The molecular formula is C12H9BrN2O4. The summed E-state index contributed by atoms with van der Waals surface area (Å²) in [7, 11) is 3.01. The molecule has 0 amide bonds. The number of halogens is 1. The summed E-state index contributed by atoms with van der Waals surface area (Å²) in [4.78, 5) is 11.8. The number of anilines is 1. The summed E-state index contributed by atoms with van der Waals surface area (Å²) in [6.45, 7) is 0. The van der Waals surface area contributed by atoms with Crippen LogP contribution < -0.4 is 20.5 Å². The lowest BCUT2D eigenvalue weighted by atomic mass is 10.1. The second-order valence-corrected chi connectivity index (χ2v) is 4.65. The topological polar surface area (TPSA) is 73.1 Å². The summed E-state index contributed by atoms with van der Waals surface area (Å²) < 4.78 is 16.1. The van der Waals surface area contributed by atoms with Crippen LogP contribution in [0.5, 0.6) is 11.5 Å². The number of nitrogens with one attached hydrogen (secondary N) is 1. The lowest BCUT2D eigenvalue weighted by molar-refractivity contribution is 0.352. The number of hydrogen-bond acceptors (Lipinski definition) is 6. The average molecular weight is 325 g/mol. The maximum Gasteiger partial charge on any atom is 0.353 e. The van der Waals surface area contributed by atoms with Gasteiger partial charge in [-0.2, -0.15) is 5.10 Å². The summed E-state index contributed by atoms with van der Waals surface area (Å²) in [5, 5.41) is 4.72. The van der Waals surface area contributed by atoms with Crippen LogP contribution in [0, 0.1) is 0 Å². The Hall–Kier alpha value is -2.02. The van der Waals surface area contributed by atoms with Crippen LogP contribution in [0.15, 0.2) is 24.9 Å². The number of methoxy groups -OCH3 is 2. The molecule has 7 heteroatoms. The van der Waals surface area contributed by atoms with E-state index in [1.165, 1.54) is 14.2 Å². The Labute approximate surface area is 116 Å². The van der Waals surface area contributed by atoms with Gasteiger partial charge in [0.05, 0.1) is 31.5 Å². The monoisotopic (exact) mass is 324 g/mol. The molecule has 3 rings (SSSR count). The van der Waals surface area contributed by atoms with Crippen LogP contribution in [0.1, 0.15) is 5.56 Å². The highest BCUT2D eigenvalue weighted by Crippen LogP contribution is 2.42. The van der Waals surface area contributed by atoms with E-state index in [2.05, 4.69) is 26.5 Å². The van der Waals surface area contributed by atoms with Crippen molar-refractivity contribution >= 4 is 38.8 Å². The van der Waals surface area contributed by atoms with Crippen LogP contribution in [-0.2, 0) is 0 Å². The van der Waals surface area contributed by atoms with Crippen molar-refractivity contribution in [3.05, 3.63) is 26.5 Å². The maximum absolute atomic E-state index is 11.8. The molecule has 6 nitrogen and oxygen atoms in total. The Morgan fingerprint density at radius 3 is 2.84 bits per heavy atom. The first-order chi connectivity index (χ1) is 9.17. The number of hydrogen-bond donors (Lipinski definition) is 1. The average Bonchev–Trinajstić information content (AvgIpc) is 2.43. The Balaban J connectivity index is 2.56. The first-order valence-corrected chi connectivity index (χ1v) is 6.17. The second kappa shape index (κ2) is 4.27. The lowest BCUT2D eigenvalue weighted by Crippen LogP contribution is -2.10. The van der Waals surface area contributed by atoms with Crippen molar-refractivity contribution in [1.29, 1.82) is 0 Å². The summed E-state index contributed by atoms with van der Waals surface area (Å²) in [5.74, 6) is 0.860. The molecule has 0 bridgehead atoms. The van der Waals surface area contributed by atoms with Crippen molar-refractivity contribution in [2.75, 3.05) is 19.6 Å². The van der Waals surface area contributed by atoms with E-state index in [4.69, 9.17) is 13.9 Å². The highest BCUT2D eigenvalue weighted by Gasteiger charge is 2.23. The van der Waals surface area contributed by atoms with Gasteiger partial charge in [-0.3, -0.25) is 5.43 Å². The zero-order valence-electron chi connectivity index (χ0n) is 10.1. The van der Waals surface area contributed by atoms with Gasteiger partial charge in [0.15, 0.2) is 11.3 Å². The third kappa shape index (κ3) is 1.61. The fourth-order valence-corrected chi connectivity index (χ4v) is 2.43. The third-order valence-electron chi connectivity index (χ3n) is 2.88. The molecule has 0 aliphatic carbocycles. The normalized spacial score (nSPS) is 12.4. The van der Waals surface area contributed by atoms with Gasteiger partial charge in [0.2, 0.25) is 5.75 Å². The number of ether oxygens (including phenoxy) is 2. The van der Waals surface area contributed by atoms with Crippen LogP contribution in [0.4, 0.5) is 5.69 Å². The smallest absolute Gasteiger partial charge is 0.353 e. The van der Waals surface area contributed by atoms with E-state index in [1.807, 2.05) is 0 Å². The van der Waals surface area contributed by atoms with Gasteiger partial charge in [0, 0.05) is 5.56 Å². The molecule has 0 unspecified atom stereocenters. The minimum atomic E-state index is -0.510. The van der Waals surface area contributed by atoms with Gasteiger partial charge < -0.3 is 13.9 Å². The molecule has 0 fully saturated rings. The van der Waals surface area contributed by atoms with Gasteiger partial charge in [-0.25, -0.2) is 4.79 Å². The van der Waals surface area contributed by atoms with Gasteiger partial charge in [-0.15, -0.1) is 0 Å². The summed E-state index contributed by atoms with van der Waals surface area (Å²) in [6.07, 6.45) is 1.63. The maximum atomic E-state index is 11.8. The summed E-state index contributed by atoms with van der Waals surface area (Å²) in [5.41, 5.74) is 3.96. The Morgan fingerprint density at radius 1 is 1.37 bits per heavy atom. The fourth-order valence-electron chi connectivity index (χ4n) is 2.06. The molecule has 1 aromatic heterocycles. The SMILES string of the molecule is COc1cc2c3c(c(Br)c(=O)oc3c1OC)NN=C2. The largest absolute Gasteiger partial charge is 0.493 e. The van der Waals surface area contributed by atoms with Crippen molar-refractivity contribution in [2.45, 2.75) is 0 Å². The van der Waals surface area contributed by atoms with E-state index < -0.39 is 5.63 Å². The molecule has 0 radical (unpaired) electrons. The van der Waals surface area contributed by atoms with Crippen molar-refractivity contribution < 1.29 is 13.9 Å². The molecule has 1 N–H and O–H groups in total. The zero-order valence-corrected chi connectivity index (χ0v) is 11.7. The molecule has 0 atom stereocenters. The highest BCUT2D eigenvalue weighted by molar-refractivity contribution is 9.10. The molecule has 19 heavy (non-hydrogen) atoms. The van der Waals surface area contributed by atoms with Gasteiger partial charge in [-0.05, 0) is 22.0 Å². The molecule has 0 saturated heterocycles. The van der Waals surface area contributed by atoms with Crippen LogP contribution in [0.3, 0.4) is 0 Å². The van der Waals surface area contributed by atoms with E-state index >= 15 is 0 Å². The molecule has 0 saturated carbocycles. The molecule has 2 heterocycles. The predicted octanol–water partition coefficient (Wildman–Crippen LogP) is 2.33. The zero-order chi connectivity index (χ0) is 13.6. The first-order valence-electron chi connectivity index (χ1n) is 5.37. The van der Waals surface area contributed by atoms with Crippen molar-refractivity contribution in [1.82, 2.24) is 0 Å². The van der Waals surface area contributed by atoms with E-state index in [0.29, 0.717) is 27.2 Å². The molecule has 1 aliphatic rings. The molecule has 1 aromatic carbocycles. The Morgan fingerprint density at radius 2 is 2.16 bits per heavy atom. The quantitative estimate of drug-likeness (QED) is 0.858. The molecule has 1 aliphatic heterocycles. The number of nitrogens with zero attached hydrogens (tertiary/aromatic N) is 1. The van der Waals surface area contributed by atoms with Gasteiger partial charge >= 0.3 is 5.63 Å². The second-order valence-electron chi connectivity index (χ2n) is 3.85. The number of hydrazone groups is 1. The summed E-state index contributed by atoms with van der Waals surface area (Å²) >= 11 is 3.20. The van der Waals surface area contributed by atoms with Crippen molar-refractivity contribution in [3.8, 4) is 11.5 Å². The highest BCUT2D eigenvalue weighted by atomic mass is 79.9. The number of benzene rings is 1. The summed E-state index contributed by atoms with van der Waals surface area (Å²) in [6, 6.07) is 1.78. The molecular weight excluding hydrogens is 316 g/mol. The minimum Gasteiger partial charge on any atom is -0.493 e. The van der Waals surface area contributed by atoms with Crippen LogP contribution >= 0.6 is 15.9 Å². The van der Waals surface area contributed by atoms with Crippen LogP contribution in [0.2, 0.25) is 0 Å². The van der Waals surface area contributed by atoms with E-state index in [0.717, 1.165) is 10.9 Å². The third-order valence-corrected chi connectivity index (χ3v) is 3.60.